The fourth-order valence-corrected chi connectivity index (χ4v) is 5.19. The van der Waals surface area contributed by atoms with Crippen molar-refractivity contribution in [2.75, 3.05) is 4.90 Å². The zero-order valence-electron chi connectivity index (χ0n) is 19.0. The molecule has 0 aliphatic heterocycles. The van der Waals surface area contributed by atoms with E-state index in [1.807, 2.05) is 24.4 Å². The summed E-state index contributed by atoms with van der Waals surface area (Å²) in [6.07, 6.45) is 7.16. The van der Waals surface area contributed by atoms with E-state index < -0.39 is 11.9 Å². The van der Waals surface area contributed by atoms with Gasteiger partial charge in [0.2, 0.25) is 11.8 Å². The number of aromatic nitrogens is 2. The lowest BCUT2D eigenvalue weighted by molar-refractivity contribution is -0.127. The van der Waals surface area contributed by atoms with Crippen molar-refractivity contribution < 1.29 is 14.0 Å². The van der Waals surface area contributed by atoms with Gasteiger partial charge in [0.25, 0.3) is 0 Å². The first-order valence-corrected chi connectivity index (χ1v) is 12.2. The number of benzene rings is 1. The maximum absolute atomic E-state index is 13.7. The van der Waals surface area contributed by atoms with Gasteiger partial charge in [-0.2, -0.15) is 5.10 Å². The van der Waals surface area contributed by atoms with Crippen molar-refractivity contribution in [3.8, 4) is 0 Å². The van der Waals surface area contributed by atoms with E-state index in [0.717, 1.165) is 30.6 Å². The molecule has 174 valence electrons. The number of amides is 2. The number of halogens is 1. The van der Waals surface area contributed by atoms with E-state index in [0.29, 0.717) is 16.9 Å². The fraction of sp³-hybridized carbons (Fsp3) is 0.400. The summed E-state index contributed by atoms with van der Waals surface area (Å²) in [5.74, 6) is -0.858. The van der Waals surface area contributed by atoms with Gasteiger partial charge in [-0.1, -0.05) is 25.3 Å². The van der Waals surface area contributed by atoms with Crippen LogP contribution in [-0.4, -0.2) is 27.6 Å². The first-order valence-electron chi connectivity index (χ1n) is 11.3. The zero-order valence-corrected chi connectivity index (χ0v) is 19.8. The van der Waals surface area contributed by atoms with Crippen molar-refractivity contribution in [1.29, 1.82) is 0 Å². The molecule has 1 aliphatic carbocycles. The first-order chi connectivity index (χ1) is 15.9. The molecule has 0 bridgehead atoms. The predicted octanol–water partition coefficient (Wildman–Crippen LogP) is 4.70. The number of rotatable bonds is 7. The second kappa shape index (κ2) is 10.3. The summed E-state index contributed by atoms with van der Waals surface area (Å²) in [4.78, 5) is 29.8. The van der Waals surface area contributed by atoms with Gasteiger partial charge in [-0.15, -0.1) is 11.3 Å². The fourth-order valence-electron chi connectivity index (χ4n) is 4.50. The molecule has 2 amide bonds. The number of hydrogen-bond donors (Lipinski definition) is 1. The number of carbonyl (C=O) groups excluding carboxylic acids is 2. The summed E-state index contributed by atoms with van der Waals surface area (Å²) in [7, 11) is 1.79. The maximum Gasteiger partial charge on any atom is 0.248 e. The number of hydrogen-bond acceptors (Lipinski definition) is 4. The minimum atomic E-state index is -0.904. The highest BCUT2D eigenvalue weighted by atomic mass is 32.1. The van der Waals surface area contributed by atoms with Crippen molar-refractivity contribution in [2.24, 2.45) is 7.05 Å². The van der Waals surface area contributed by atoms with Crippen LogP contribution in [0, 0.1) is 12.7 Å². The van der Waals surface area contributed by atoms with Crippen LogP contribution >= 0.6 is 11.3 Å². The quantitative estimate of drug-likeness (QED) is 0.547. The second-order valence-corrected chi connectivity index (χ2v) is 9.62. The Balaban J connectivity index is 1.75. The topological polar surface area (TPSA) is 67.2 Å². The molecule has 2 heterocycles. The van der Waals surface area contributed by atoms with Gasteiger partial charge in [0.15, 0.2) is 0 Å². The molecule has 0 saturated heterocycles. The summed E-state index contributed by atoms with van der Waals surface area (Å²) in [6.45, 7) is 1.84. The van der Waals surface area contributed by atoms with Crippen molar-refractivity contribution in [3.05, 3.63) is 69.9 Å². The third-order valence-electron chi connectivity index (χ3n) is 6.08. The van der Waals surface area contributed by atoms with Crippen LogP contribution < -0.4 is 10.2 Å². The van der Waals surface area contributed by atoms with Crippen LogP contribution in [0.2, 0.25) is 0 Å². The summed E-state index contributed by atoms with van der Waals surface area (Å²) in [5.41, 5.74) is 1.82. The van der Waals surface area contributed by atoms with Crippen LogP contribution in [0.15, 0.2) is 48.0 Å². The predicted molar refractivity (Wildman–Crippen MR) is 128 cm³/mol. The van der Waals surface area contributed by atoms with Crippen molar-refractivity contribution >= 4 is 28.8 Å². The standard InChI is InChI=1S/C25H29FN4O2S/c1-17-22(16-29(2)28-17)24(25(32)27-19-7-4-3-5-8-19)30(20-12-10-18(26)11-13-20)23(31)15-21-9-6-14-33-21/h6,9-14,16,19,24H,3-5,7-8,15H2,1-2H3,(H,27,32)/t24-/m0/s1. The molecule has 0 spiro atoms. The van der Waals surface area contributed by atoms with Crippen molar-refractivity contribution in [1.82, 2.24) is 15.1 Å². The minimum Gasteiger partial charge on any atom is -0.351 e. The molecule has 8 heteroatoms. The lowest BCUT2D eigenvalue weighted by Gasteiger charge is -2.33. The van der Waals surface area contributed by atoms with Gasteiger partial charge >= 0.3 is 0 Å². The molecule has 0 radical (unpaired) electrons. The number of nitrogens with one attached hydrogen (secondary N) is 1. The molecule has 4 rings (SSSR count). The van der Waals surface area contributed by atoms with Crippen LogP contribution in [0.25, 0.3) is 0 Å². The van der Waals surface area contributed by atoms with E-state index in [2.05, 4.69) is 10.4 Å². The van der Waals surface area contributed by atoms with Crippen LogP contribution in [0.5, 0.6) is 0 Å². The van der Waals surface area contributed by atoms with Crippen LogP contribution in [0.3, 0.4) is 0 Å². The minimum absolute atomic E-state index is 0.0909. The Labute approximate surface area is 197 Å². The van der Waals surface area contributed by atoms with Gasteiger partial charge in [0.05, 0.1) is 12.1 Å². The Bertz CT molecular complexity index is 1090. The van der Waals surface area contributed by atoms with Gasteiger partial charge in [0, 0.05) is 35.4 Å². The number of aryl methyl sites for hydroxylation is 2. The summed E-state index contributed by atoms with van der Waals surface area (Å²) >= 11 is 1.49. The highest BCUT2D eigenvalue weighted by Gasteiger charge is 2.36. The third kappa shape index (κ3) is 5.50. The molecular formula is C25H29FN4O2S. The van der Waals surface area contributed by atoms with E-state index in [1.165, 1.54) is 34.8 Å². The monoisotopic (exact) mass is 468 g/mol. The van der Waals surface area contributed by atoms with E-state index in [1.54, 1.807) is 30.1 Å². The van der Waals surface area contributed by atoms with Crippen LogP contribution in [0.4, 0.5) is 10.1 Å². The van der Waals surface area contributed by atoms with Crippen molar-refractivity contribution in [2.45, 2.75) is 57.5 Å². The lowest BCUT2D eigenvalue weighted by atomic mass is 9.94. The third-order valence-corrected chi connectivity index (χ3v) is 6.96. The van der Waals surface area contributed by atoms with E-state index in [9.17, 15) is 14.0 Å². The molecule has 1 aliphatic rings. The van der Waals surface area contributed by atoms with Crippen LogP contribution in [-0.2, 0) is 23.1 Å². The first kappa shape index (κ1) is 23.2. The molecule has 3 aromatic rings. The SMILES string of the molecule is Cc1nn(C)cc1[C@@H](C(=O)NC1CCCCC1)N(C(=O)Cc1cccs1)c1ccc(F)cc1. The summed E-state index contributed by atoms with van der Waals surface area (Å²) < 4.78 is 15.4. The number of nitrogens with zero attached hydrogens (tertiary/aromatic N) is 3. The Morgan fingerprint density at radius 3 is 2.55 bits per heavy atom. The molecule has 1 saturated carbocycles. The molecule has 1 atom stereocenters. The van der Waals surface area contributed by atoms with Crippen molar-refractivity contribution in [3.63, 3.8) is 0 Å². The van der Waals surface area contributed by atoms with E-state index in [-0.39, 0.29) is 24.3 Å². The molecular weight excluding hydrogens is 439 g/mol. The number of thiophene rings is 1. The Morgan fingerprint density at radius 2 is 1.94 bits per heavy atom. The van der Waals surface area contributed by atoms with Gasteiger partial charge < -0.3 is 5.32 Å². The highest BCUT2D eigenvalue weighted by Crippen LogP contribution is 2.31. The average molecular weight is 469 g/mol. The van der Waals surface area contributed by atoms with Gasteiger partial charge in [0.1, 0.15) is 11.9 Å². The Kier molecular flexibility index (Phi) is 7.23. The summed E-state index contributed by atoms with van der Waals surface area (Å²) in [6, 6.07) is 8.71. The smallest absolute Gasteiger partial charge is 0.248 e. The van der Waals surface area contributed by atoms with Gasteiger partial charge in [-0.05, 0) is 55.5 Å². The molecule has 33 heavy (non-hydrogen) atoms. The van der Waals surface area contributed by atoms with Gasteiger partial charge in [-0.3, -0.25) is 19.2 Å². The highest BCUT2D eigenvalue weighted by molar-refractivity contribution is 7.10. The lowest BCUT2D eigenvalue weighted by Crippen LogP contribution is -2.47. The number of anilines is 1. The zero-order chi connectivity index (χ0) is 23.4. The molecule has 0 unspecified atom stereocenters. The normalized spacial score (nSPS) is 15.2. The Morgan fingerprint density at radius 1 is 1.21 bits per heavy atom. The number of carbonyl (C=O) groups is 2. The molecule has 1 fully saturated rings. The van der Waals surface area contributed by atoms with E-state index in [4.69, 9.17) is 0 Å². The Hall–Kier alpha value is -3.00. The molecule has 1 N–H and O–H groups in total. The van der Waals surface area contributed by atoms with Crippen LogP contribution in [0.1, 0.15) is 54.3 Å². The largest absolute Gasteiger partial charge is 0.351 e. The average Bonchev–Trinajstić information content (AvgIpc) is 3.42. The van der Waals surface area contributed by atoms with E-state index >= 15 is 0 Å². The second-order valence-electron chi connectivity index (χ2n) is 8.59. The molecule has 1 aromatic carbocycles. The molecule has 2 aromatic heterocycles. The summed E-state index contributed by atoms with van der Waals surface area (Å²) in [5, 5.41) is 9.54. The maximum atomic E-state index is 13.7. The molecule has 6 nitrogen and oxygen atoms in total. The van der Waals surface area contributed by atoms with Gasteiger partial charge in [-0.25, -0.2) is 4.39 Å².